The number of hydrogen-bond acceptors (Lipinski definition) is 4. The monoisotopic (exact) mass is 423 g/mol. The molecule has 1 aliphatic rings. The summed E-state index contributed by atoms with van der Waals surface area (Å²) in [7, 11) is 0. The molecular formula is C17H18IN3O2. The minimum atomic E-state index is -0.0147. The van der Waals surface area contributed by atoms with Crippen molar-refractivity contribution >= 4 is 33.6 Å². The Morgan fingerprint density at radius 3 is 2.83 bits per heavy atom. The molecule has 4 heterocycles. The van der Waals surface area contributed by atoms with Gasteiger partial charge in [0.2, 0.25) is 0 Å². The van der Waals surface area contributed by atoms with E-state index in [-0.39, 0.29) is 5.54 Å². The highest BCUT2D eigenvalue weighted by Gasteiger charge is 2.33. The molecule has 0 spiro atoms. The SMILES string of the molecule is Cc1noc(C)c1-c1cnc2c(c1)c(I)cn2C1(C)CCOC1. The van der Waals surface area contributed by atoms with E-state index in [2.05, 4.69) is 51.5 Å². The van der Waals surface area contributed by atoms with Crippen LogP contribution in [-0.2, 0) is 10.3 Å². The lowest BCUT2D eigenvalue weighted by Gasteiger charge is -2.24. The first-order valence-electron chi connectivity index (χ1n) is 7.68. The lowest BCUT2D eigenvalue weighted by Crippen LogP contribution is -2.29. The maximum Gasteiger partial charge on any atom is 0.141 e. The first-order valence-corrected chi connectivity index (χ1v) is 8.75. The molecule has 0 bridgehead atoms. The van der Waals surface area contributed by atoms with Crippen LogP contribution in [-0.4, -0.2) is 27.9 Å². The van der Waals surface area contributed by atoms with E-state index in [1.165, 1.54) is 3.57 Å². The molecule has 3 aromatic rings. The lowest BCUT2D eigenvalue weighted by molar-refractivity contribution is 0.163. The average molecular weight is 423 g/mol. The molecule has 0 radical (unpaired) electrons. The quantitative estimate of drug-likeness (QED) is 0.584. The molecule has 0 aromatic carbocycles. The lowest BCUT2D eigenvalue weighted by atomic mass is 10.0. The summed E-state index contributed by atoms with van der Waals surface area (Å²) in [5.74, 6) is 0.828. The van der Waals surface area contributed by atoms with Gasteiger partial charge in [-0.3, -0.25) is 0 Å². The fraction of sp³-hybridized carbons (Fsp3) is 0.412. The number of aryl methyl sites for hydroxylation is 2. The summed E-state index contributed by atoms with van der Waals surface area (Å²) < 4.78 is 14.4. The van der Waals surface area contributed by atoms with Gasteiger partial charge in [-0.25, -0.2) is 4.98 Å². The molecule has 1 aliphatic heterocycles. The second kappa shape index (κ2) is 5.31. The Kier molecular flexibility index (Phi) is 3.49. The predicted octanol–water partition coefficient (Wildman–Crippen LogP) is 4.05. The second-order valence-electron chi connectivity index (χ2n) is 6.44. The molecule has 6 heteroatoms. The first kappa shape index (κ1) is 15.1. The van der Waals surface area contributed by atoms with Crippen LogP contribution >= 0.6 is 22.6 Å². The van der Waals surface area contributed by atoms with E-state index >= 15 is 0 Å². The van der Waals surface area contributed by atoms with Gasteiger partial charge in [-0.1, -0.05) is 5.16 Å². The summed E-state index contributed by atoms with van der Waals surface area (Å²) in [4.78, 5) is 4.76. The molecule has 23 heavy (non-hydrogen) atoms. The Balaban J connectivity index is 1.90. The van der Waals surface area contributed by atoms with Crippen molar-refractivity contribution in [2.75, 3.05) is 13.2 Å². The van der Waals surface area contributed by atoms with Crippen molar-refractivity contribution in [3.05, 3.63) is 33.5 Å². The fourth-order valence-corrected chi connectivity index (χ4v) is 4.03. The first-order chi connectivity index (χ1) is 11.0. The average Bonchev–Trinajstić information content (AvgIpc) is 3.19. The van der Waals surface area contributed by atoms with Crippen LogP contribution in [0.5, 0.6) is 0 Å². The summed E-state index contributed by atoms with van der Waals surface area (Å²) in [5.41, 5.74) is 3.99. The van der Waals surface area contributed by atoms with Crippen LogP contribution < -0.4 is 0 Å². The van der Waals surface area contributed by atoms with E-state index in [1.54, 1.807) is 0 Å². The van der Waals surface area contributed by atoms with Crippen LogP contribution in [0, 0.1) is 17.4 Å². The Morgan fingerprint density at radius 2 is 2.17 bits per heavy atom. The van der Waals surface area contributed by atoms with Crippen molar-refractivity contribution in [3.63, 3.8) is 0 Å². The van der Waals surface area contributed by atoms with Gasteiger partial charge in [0.15, 0.2) is 0 Å². The van der Waals surface area contributed by atoms with Crippen LogP contribution in [0.25, 0.3) is 22.2 Å². The largest absolute Gasteiger partial charge is 0.379 e. The van der Waals surface area contributed by atoms with Crippen molar-refractivity contribution in [2.24, 2.45) is 0 Å². The third kappa shape index (κ3) is 2.30. The molecule has 1 fully saturated rings. The molecule has 3 aromatic heterocycles. The number of pyridine rings is 1. The maximum atomic E-state index is 5.62. The third-order valence-electron chi connectivity index (χ3n) is 4.70. The molecule has 0 saturated carbocycles. The van der Waals surface area contributed by atoms with E-state index in [9.17, 15) is 0 Å². The van der Waals surface area contributed by atoms with E-state index < -0.39 is 0 Å². The Hall–Kier alpha value is -1.41. The van der Waals surface area contributed by atoms with Crippen LogP contribution in [0.1, 0.15) is 24.8 Å². The van der Waals surface area contributed by atoms with Crippen LogP contribution in [0.3, 0.4) is 0 Å². The van der Waals surface area contributed by atoms with Gasteiger partial charge in [0.05, 0.1) is 17.8 Å². The van der Waals surface area contributed by atoms with Crippen molar-refractivity contribution in [1.82, 2.24) is 14.7 Å². The summed E-state index contributed by atoms with van der Waals surface area (Å²) in [6.07, 6.45) is 5.12. The summed E-state index contributed by atoms with van der Waals surface area (Å²) in [6, 6.07) is 2.19. The van der Waals surface area contributed by atoms with Crippen molar-refractivity contribution in [1.29, 1.82) is 0 Å². The Labute approximate surface area is 148 Å². The van der Waals surface area contributed by atoms with E-state index in [0.29, 0.717) is 0 Å². The minimum Gasteiger partial charge on any atom is -0.379 e. The molecule has 4 rings (SSSR count). The highest BCUT2D eigenvalue weighted by atomic mass is 127. The summed E-state index contributed by atoms with van der Waals surface area (Å²) >= 11 is 2.38. The van der Waals surface area contributed by atoms with E-state index in [0.717, 1.165) is 53.2 Å². The number of nitrogens with zero attached hydrogens (tertiary/aromatic N) is 3. The molecule has 120 valence electrons. The molecule has 1 unspecified atom stereocenters. The highest BCUT2D eigenvalue weighted by Crippen LogP contribution is 2.35. The Morgan fingerprint density at radius 1 is 1.35 bits per heavy atom. The molecule has 0 N–H and O–H groups in total. The zero-order valence-corrected chi connectivity index (χ0v) is 15.5. The zero-order valence-electron chi connectivity index (χ0n) is 13.4. The number of hydrogen-bond donors (Lipinski definition) is 0. The number of aromatic nitrogens is 3. The third-order valence-corrected chi connectivity index (χ3v) is 5.56. The second-order valence-corrected chi connectivity index (χ2v) is 7.60. The van der Waals surface area contributed by atoms with Gasteiger partial charge in [-0.15, -0.1) is 0 Å². The smallest absolute Gasteiger partial charge is 0.141 e. The molecule has 0 amide bonds. The number of fused-ring (bicyclic) bond motifs is 1. The van der Waals surface area contributed by atoms with Gasteiger partial charge in [0.1, 0.15) is 11.4 Å². The summed E-state index contributed by atoms with van der Waals surface area (Å²) in [6.45, 7) is 7.68. The van der Waals surface area contributed by atoms with Gasteiger partial charge >= 0.3 is 0 Å². The van der Waals surface area contributed by atoms with Gasteiger partial charge in [-0.05, 0) is 55.8 Å². The Bertz CT molecular complexity index is 871. The molecule has 1 atom stereocenters. The molecule has 5 nitrogen and oxygen atoms in total. The van der Waals surface area contributed by atoms with Crippen molar-refractivity contribution < 1.29 is 9.26 Å². The number of halogens is 1. The number of rotatable bonds is 2. The van der Waals surface area contributed by atoms with Crippen LogP contribution in [0.2, 0.25) is 0 Å². The maximum absolute atomic E-state index is 5.62. The standard InChI is InChI=1S/C17H18IN3O2/c1-10-15(11(2)23-20-10)12-6-13-14(18)8-21(16(13)19-7-12)17(3)4-5-22-9-17/h6-8H,4-5,9H2,1-3H3. The van der Waals surface area contributed by atoms with Gasteiger partial charge in [0, 0.05) is 39.1 Å². The topological polar surface area (TPSA) is 53.1 Å². The highest BCUT2D eigenvalue weighted by molar-refractivity contribution is 14.1. The number of ether oxygens (including phenoxy) is 1. The zero-order chi connectivity index (χ0) is 16.2. The van der Waals surface area contributed by atoms with Gasteiger partial charge in [0.25, 0.3) is 0 Å². The molecular weight excluding hydrogens is 405 g/mol. The molecule has 1 saturated heterocycles. The molecule has 0 aliphatic carbocycles. The fourth-order valence-electron chi connectivity index (χ4n) is 3.36. The predicted molar refractivity (Wildman–Crippen MR) is 96.5 cm³/mol. The van der Waals surface area contributed by atoms with Crippen LogP contribution in [0.15, 0.2) is 23.0 Å². The minimum absolute atomic E-state index is 0.0147. The van der Waals surface area contributed by atoms with Gasteiger partial charge < -0.3 is 13.8 Å². The van der Waals surface area contributed by atoms with Crippen molar-refractivity contribution in [3.8, 4) is 11.1 Å². The summed E-state index contributed by atoms with van der Waals surface area (Å²) in [5, 5.41) is 5.21. The van der Waals surface area contributed by atoms with E-state index in [4.69, 9.17) is 14.2 Å². The normalized spacial score (nSPS) is 21.4. The van der Waals surface area contributed by atoms with E-state index in [1.807, 2.05) is 20.0 Å². The van der Waals surface area contributed by atoms with Crippen molar-refractivity contribution in [2.45, 2.75) is 32.7 Å². The van der Waals surface area contributed by atoms with Gasteiger partial charge in [-0.2, -0.15) is 0 Å². The van der Waals surface area contributed by atoms with Crippen LogP contribution in [0.4, 0.5) is 0 Å².